The van der Waals surface area contributed by atoms with E-state index < -0.39 is 5.12 Å². The Bertz CT molecular complexity index is 334. The van der Waals surface area contributed by atoms with Crippen molar-refractivity contribution < 1.29 is 10.0 Å². The Balaban J connectivity index is 3.04. The standard InChI is InChI=1S/C4H4N4O2S2/c5-4-6-2(8-12-4)1(7-10)3(9)11/h10H,(H,9,11)(H2,5,6,8)/b7-1-. The quantitative estimate of drug-likeness (QED) is 0.267. The SMILES string of the molecule is Nc1nc(/C(=N/O)C(=O)S)ns1. The lowest BCUT2D eigenvalue weighted by Crippen LogP contribution is -2.11. The number of nitrogen functional groups attached to an aromatic ring is 1. The van der Waals surface area contributed by atoms with E-state index in [-0.39, 0.29) is 16.7 Å². The maximum atomic E-state index is 10.6. The fourth-order valence-corrected chi connectivity index (χ4v) is 1.09. The van der Waals surface area contributed by atoms with Crippen LogP contribution in [0.5, 0.6) is 0 Å². The Hall–Kier alpha value is -1.15. The van der Waals surface area contributed by atoms with Gasteiger partial charge >= 0.3 is 0 Å². The van der Waals surface area contributed by atoms with E-state index >= 15 is 0 Å². The second kappa shape index (κ2) is 3.50. The molecule has 0 bridgehead atoms. The van der Waals surface area contributed by atoms with Crippen molar-refractivity contribution in [1.82, 2.24) is 9.36 Å². The number of carbonyl (C=O) groups is 1. The Labute approximate surface area is 76.7 Å². The molecule has 12 heavy (non-hydrogen) atoms. The molecule has 0 aliphatic heterocycles. The molecule has 0 unspecified atom stereocenters. The van der Waals surface area contributed by atoms with E-state index in [1.807, 2.05) is 0 Å². The molecule has 0 fully saturated rings. The lowest BCUT2D eigenvalue weighted by Gasteiger charge is -1.89. The van der Waals surface area contributed by atoms with Crippen LogP contribution >= 0.6 is 24.2 Å². The van der Waals surface area contributed by atoms with Crippen molar-refractivity contribution >= 4 is 40.1 Å². The summed E-state index contributed by atoms with van der Waals surface area (Å²) in [5.41, 5.74) is 4.93. The van der Waals surface area contributed by atoms with Crippen LogP contribution in [-0.4, -0.2) is 25.4 Å². The number of anilines is 1. The van der Waals surface area contributed by atoms with Crippen molar-refractivity contribution in [3.63, 3.8) is 0 Å². The van der Waals surface area contributed by atoms with Gasteiger partial charge in [-0.25, -0.2) is 0 Å². The van der Waals surface area contributed by atoms with E-state index in [1.165, 1.54) is 0 Å². The van der Waals surface area contributed by atoms with Gasteiger partial charge in [-0.2, -0.15) is 9.36 Å². The third-order valence-corrected chi connectivity index (χ3v) is 1.71. The molecule has 0 saturated carbocycles. The third kappa shape index (κ3) is 1.71. The Morgan fingerprint density at radius 2 is 2.42 bits per heavy atom. The van der Waals surface area contributed by atoms with Crippen LogP contribution in [0.2, 0.25) is 0 Å². The van der Waals surface area contributed by atoms with E-state index in [0.717, 1.165) is 11.5 Å². The predicted molar refractivity (Wildman–Crippen MR) is 46.6 cm³/mol. The van der Waals surface area contributed by atoms with Crippen LogP contribution in [0.1, 0.15) is 5.82 Å². The van der Waals surface area contributed by atoms with Crippen LogP contribution < -0.4 is 5.73 Å². The van der Waals surface area contributed by atoms with Crippen LogP contribution in [0, 0.1) is 0 Å². The first kappa shape index (κ1) is 8.94. The summed E-state index contributed by atoms with van der Waals surface area (Å²) in [4.78, 5) is 14.3. The van der Waals surface area contributed by atoms with Gasteiger partial charge in [0.2, 0.25) is 16.7 Å². The number of aromatic nitrogens is 2. The zero-order valence-electron chi connectivity index (χ0n) is 5.63. The van der Waals surface area contributed by atoms with Crippen molar-refractivity contribution in [3.8, 4) is 0 Å². The molecule has 0 radical (unpaired) electrons. The van der Waals surface area contributed by atoms with Crippen LogP contribution in [-0.2, 0) is 4.79 Å². The fraction of sp³-hybridized carbons (Fsp3) is 0. The van der Waals surface area contributed by atoms with E-state index in [1.54, 1.807) is 0 Å². The lowest BCUT2D eigenvalue weighted by molar-refractivity contribution is -0.105. The van der Waals surface area contributed by atoms with E-state index in [0.29, 0.717) is 0 Å². The molecule has 1 heterocycles. The second-order valence-corrected chi connectivity index (χ2v) is 2.90. The van der Waals surface area contributed by atoms with Crippen LogP contribution in [0.3, 0.4) is 0 Å². The maximum absolute atomic E-state index is 10.6. The molecule has 1 rings (SSSR count). The summed E-state index contributed by atoms with van der Waals surface area (Å²) in [5, 5.41) is 10.5. The van der Waals surface area contributed by atoms with Gasteiger partial charge in [0, 0.05) is 11.5 Å². The number of nitrogens with zero attached hydrogens (tertiary/aromatic N) is 3. The molecule has 0 atom stereocenters. The van der Waals surface area contributed by atoms with Gasteiger partial charge in [-0.1, -0.05) is 17.8 Å². The summed E-state index contributed by atoms with van der Waals surface area (Å²) in [5.74, 6) is -0.0139. The zero-order chi connectivity index (χ0) is 9.14. The van der Waals surface area contributed by atoms with Gasteiger partial charge in [0.05, 0.1) is 0 Å². The smallest absolute Gasteiger partial charge is 0.242 e. The lowest BCUT2D eigenvalue weighted by atomic mass is 10.4. The van der Waals surface area contributed by atoms with Gasteiger partial charge in [-0.3, -0.25) is 4.79 Å². The van der Waals surface area contributed by atoms with Gasteiger partial charge in [0.25, 0.3) is 0 Å². The first-order valence-corrected chi connectivity index (χ1v) is 3.92. The highest BCUT2D eigenvalue weighted by molar-refractivity contribution is 7.99. The molecule has 3 N–H and O–H groups in total. The highest BCUT2D eigenvalue weighted by Crippen LogP contribution is 2.07. The minimum Gasteiger partial charge on any atom is -0.410 e. The number of rotatable bonds is 2. The molecule has 0 saturated heterocycles. The molecule has 0 aliphatic carbocycles. The summed E-state index contributed by atoms with van der Waals surface area (Å²) in [6, 6.07) is 0. The molecule has 6 nitrogen and oxygen atoms in total. The maximum Gasteiger partial charge on any atom is 0.242 e. The summed E-state index contributed by atoms with van der Waals surface area (Å²) in [6.07, 6.45) is 0. The number of nitrogens with two attached hydrogens (primary N) is 1. The zero-order valence-corrected chi connectivity index (χ0v) is 7.34. The van der Waals surface area contributed by atoms with Crippen molar-refractivity contribution in [2.75, 3.05) is 5.73 Å². The third-order valence-electron chi connectivity index (χ3n) is 0.956. The minimum atomic E-state index is -0.713. The van der Waals surface area contributed by atoms with Crippen LogP contribution in [0.25, 0.3) is 0 Å². The highest BCUT2D eigenvalue weighted by Gasteiger charge is 2.15. The van der Waals surface area contributed by atoms with Gasteiger partial charge in [-0.05, 0) is 0 Å². The molecular weight excluding hydrogens is 200 g/mol. The normalized spacial score (nSPS) is 11.6. The monoisotopic (exact) mass is 204 g/mol. The van der Waals surface area contributed by atoms with E-state index in [2.05, 4.69) is 27.1 Å². The Morgan fingerprint density at radius 1 is 1.75 bits per heavy atom. The number of carbonyl (C=O) groups excluding carboxylic acids is 1. The van der Waals surface area contributed by atoms with Crippen molar-refractivity contribution in [3.05, 3.63) is 5.82 Å². The van der Waals surface area contributed by atoms with Crippen molar-refractivity contribution in [2.24, 2.45) is 5.16 Å². The first-order valence-electron chi connectivity index (χ1n) is 2.70. The number of hydrogen-bond donors (Lipinski definition) is 3. The topological polar surface area (TPSA) is 101 Å². The number of oxime groups is 1. The van der Waals surface area contributed by atoms with Crippen molar-refractivity contribution in [1.29, 1.82) is 0 Å². The molecule has 8 heteroatoms. The van der Waals surface area contributed by atoms with Crippen LogP contribution in [0.15, 0.2) is 5.16 Å². The molecule has 0 amide bonds. The molecule has 1 aromatic heterocycles. The predicted octanol–water partition coefficient (Wildman–Crippen LogP) is -0.245. The van der Waals surface area contributed by atoms with Gasteiger partial charge in [-0.15, -0.1) is 0 Å². The number of hydrogen-bond acceptors (Lipinski definition) is 7. The Morgan fingerprint density at radius 3 is 2.75 bits per heavy atom. The number of thiol groups is 1. The molecule has 64 valence electrons. The largest absolute Gasteiger partial charge is 0.410 e. The second-order valence-electron chi connectivity index (χ2n) is 1.71. The fourth-order valence-electron chi connectivity index (χ4n) is 0.515. The molecule has 1 aromatic rings. The van der Waals surface area contributed by atoms with Gasteiger partial charge < -0.3 is 10.9 Å². The van der Waals surface area contributed by atoms with Crippen LogP contribution in [0.4, 0.5) is 5.13 Å². The van der Waals surface area contributed by atoms with Gasteiger partial charge in [0.15, 0.2) is 5.13 Å². The first-order chi connectivity index (χ1) is 5.65. The van der Waals surface area contributed by atoms with Gasteiger partial charge in [0.1, 0.15) is 0 Å². The summed E-state index contributed by atoms with van der Waals surface area (Å²) in [6.45, 7) is 0. The van der Waals surface area contributed by atoms with E-state index in [9.17, 15) is 4.79 Å². The summed E-state index contributed by atoms with van der Waals surface area (Å²) in [7, 11) is 0. The van der Waals surface area contributed by atoms with E-state index in [4.69, 9.17) is 10.9 Å². The average Bonchev–Trinajstić information content (AvgIpc) is 2.37. The highest BCUT2D eigenvalue weighted by atomic mass is 32.1. The molecule has 0 spiro atoms. The summed E-state index contributed by atoms with van der Waals surface area (Å²) >= 11 is 4.35. The average molecular weight is 204 g/mol. The van der Waals surface area contributed by atoms with Crippen molar-refractivity contribution in [2.45, 2.75) is 0 Å². The Kier molecular flexibility index (Phi) is 2.61. The molecular formula is C4H4N4O2S2. The molecule has 0 aliphatic rings. The molecule has 0 aromatic carbocycles. The minimum absolute atomic E-state index is 0.0139. The summed E-state index contributed by atoms with van der Waals surface area (Å²) < 4.78 is 3.65.